The van der Waals surface area contributed by atoms with Crippen LogP contribution in [0.25, 0.3) is 0 Å². The van der Waals surface area contributed by atoms with E-state index in [-0.39, 0.29) is 11.8 Å². The lowest BCUT2D eigenvalue weighted by atomic mass is 9.95. The molecule has 1 aliphatic carbocycles. The number of nitrogens with one attached hydrogen (secondary N) is 1. The molecule has 6 heteroatoms. The molecule has 2 atom stereocenters. The lowest BCUT2D eigenvalue weighted by Gasteiger charge is -2.17. The summed E-state index contributed by atoms with van der Waals surface area (Å²) in [7, 11) is 0. The molecule has 1 aromatic rings. The topological polar surface area (TPSA) is 55.1 Å². The van der Waals surface area contributed by atoms with Gasteiger partial charge >= 0.3 is 0 Å². The molecule has 0 saturated heterocycles. The monoisotopic (exact) mass is 272 g/mol. The molecule has 1 saturated carbocycles. The van der Waals surface area contributed by atoms with Gasteiger partial charge in [-0.3, -0.25) is 4.79 Å². The number of hydrogen-bond acceptors (Lipinski definition) is 2. The molecule has 0 bridgehead atoms. The Morgan fingerprint density at radius 3 is 2.74 bits per heavy atom. The molecule has 0 aliphatic heterocycles. The molecule has 3 nitrogen and oxygen atoms in total. The molecular weight excluding hydrogens is 257 g/mol. The Balaban J connectivity index is 2.15. The van der Waals surface area contributed by atoms with E-state index in [1.165, 1.54) is 0 Å². The number of nitrogens with two attached hydrogens (primary N) is 1. The summed E-state index contributed by atoms with van der Waals surface area (Å²) in [4.78, 5) is 12.0. The highest BCUT2D eigenvalue weighted by atomic mass is 19.2. The Bertz CT molecular complexity index is 493. The molecule has 0 aromatic heterocycles. The van der Waals surface area contributed by atoms with Gasteiger partial charge in [-0.15, -0.1) is 0 Å². The second-order valence-corrected chi connectivity index (χ2v) is 4.77. The van der Waals surface area contributed by atoms with Crippen LogP contribution >= 0.6 is 0 Å². The lowest BCUT2D eigenvalue weighted by molar-refractivity contribution is -0.120. The molecule has 1 aliphatic rings. The van der Waals surface area contributed by atoms with Gasteiger partial charge in [-0.25, -0.2) is 13.2 Å². The van der Waals surface area contributed by atoms with Crippen LogP contribution in [0, 0.1) is 29.3 Å². The van der Waals surface area contributed by atoms with E-state index < -0.39 is 29.0 Å². The van der Waals surface area contributed by atoms with Crippen LogP contribution in [0.3, 0.4) is 0 Å². The minimum Gasteiger partial charge on any atom is -0.330 e. The quantitative estimate of drug-likeness (QED) is 0.830. The fraction of sp³-hybridized carbons (Fsp3) is 0.462. The van der Waals surface area contributed by atoms with Gasteiger partial charge in [0.1, 0.15) is 5.82 Å². The van der Waals surface area contributed by atoms with Crippen molar-refractivity contribution in [2.45, 2.75) is 19.3 Å². The van der Waals surface area contributed by atoms with E-state index in [0.717, 1.165) is 18.9 Å². The van der Waals surface area contributed by atoms with Gasteiger partial charge in [-0.1, -0.05) is 6.42 Å². The van der Waals surface area contributed by atoms with Gasteiger partial charge in [0.15, 0.2) is 11.6 Å². The van der Waals surface area contributed by atoms with Crippen molar-refractivity contribution in [2.24, 2.45) is 17.6 Å². The third-order valence-corrected chi connectivity index (χ3v) is 3.55. The number of benzene rings is 1. The van der Waals surface area contributed by atoms with E-state index in [9.17, 15) is 18.0 Å². The maximum Gasteiger partial charge on any atom is 0.227 e. The summed E-state index contributed by atoms with van der Waals surface area (Å²) < 4.78 is 39.5. The van der Waals surface area contributed by atoms with Crippen molar-refractivity contribution in [3.63, 3.8) is 0 Å². The average molecular weight is 272 g/mol. The third kappa shape index (κ3) is 2.89. The van der Waals surface area contributed by atoms with Gasteiger partial charge in [0.2, 0.25) is 5.91 Å². The number of anilines is 1. The highest BCUT2D eigenvalue weighted by Gasteiger charge is 2.32. The maximum absolute atomic E-state index is 13.4. The van der Waals surface area contributed by atoms with Gasteiger partial charge in [0, 0.05) is 18.1 Å². The number of hydrogen-bond donors (Lipinski definition) is 2. The number of carbonyl (C=O) groups excluding carboxylic acids is 1. The fourth-order valence-electron chi connectivity index (χ4n) is 2.54. The van der Waals surface area contributed by atoms with Gasteiger partial charge in [-0.2, -0.15) is 0 Å². The van der Waals surface area contributed by atoms with Crippen LogP contribution in [-0.4, -0.2) is 12.5 Å². The first kappa shape index (κ1) is 13.9. The van der Waals surface area contributed by atoms with Crippen LogP contribution in [0.5, 0.6) is 0 Å². The minimum atomic E-state index is -1.32. The van der Waals surface area contributed by atoms with Crippen molar-refractivity contribution in [2.75, 3.05) is 11.9 Å². The summed E-state index contributed by atoms with van der Waals surface area (Å²) in [5.74, 6) is -4.22. The largest absolute Gasteiger partial charge is 0.330 e. The molecule has 2 unspecified atom stereocenters. The standard InChI is InChI=1S/C13H15F3N2O/c14-8-4-10(15)12(16)11(5-8)18-13(19)9-3-1-2-7(9)6-17/h4-5,7,9H,1-3,6,17H2,(H,18,19). The summed E-state index contributed by atoms with van der Waals surface area (Å²) in [6.07, 6.45) is 2.38. The SMILES string of the molecule is NCC1CCCC1C(=O)Nc1cc(F)cc(F)c1F. The molecule has 0 heterocycles. The first-order chi connectivity index (χ1) is 9.02. The lowest BCUT2D eigenvalue weighted by Crippen LogP contribution is -2.30. The third-order valence-electron chi connectivity index (χ3n) is 3.55. The van der Waals surface area contributed by atoms with E-state index in [1.807, 2.05) is 0 Å². The van der Waals surface area contributed by atoms with Crippen molar-refractivity contribution in [1.29, 1.82) is 0 Å². The average Bonchev–Trinajstić information content (AvgIpc) is 2.83. The number of halogens is 3. The summed E-state index contributed by atoms with van der Waals surface area (Å²) in [6.45, 7) is 0.373. The number of carbonyl (C=O) groups is 1. The summed E-state index contributed by atoms with van der Waals surface area (Å²) in [5, 5.41) is 2.25. The Morgan fingerprint density at radius 2 is 2.05 bits per heavy atom. The fourth-order valence-corrected chi connectivity index (χ4v) is 2.54. The van der Waals surface area contributed by atoms with Crippen molar-refractivity contribution in [1.82, 2.24) is 0 Å². The molecule has 1 fully saturated rings. The molecule has 0 radical (unpaired) electrons. The Kier molecular flexibility index (Phi) is 4.09. The molecule has 104 valence electrons. The molecule has 3 N–H and O–H groups in total. The summed E-state index contributed by atoms with van der Waals surface area (Å²) >= 11 is 0. The van der Waals surface area contributed by atoms with Crippen LogP contribution in [0.2, 0.25) is 0 Å². The Labute approximate surface area is 109 Å². The van der Waals surface area contributed by atoms with Crippen molar-refractivity contribution >= 4 is 11.6 Å². The zero-order chi connectivity index (χ0) is 14.0. The number of rotatable bonds is 3. The van der Waals surface area contributed by atoms with Crippen LogP contribution < -0.4 is 11.1 Å². The van der Waals surface area contributed by atoms with Crippen LogP contribution in [0.1, 0.15) is 19.3 Å². The van der Waals surface area contributed by atoms with Crippen LogP contribution in [0.4, 0.5) is 18.9 Å². The molecule has 0 spiro atoms. The molecular formula is C13H15F3N2O. The van der Waals surface area contributed by atoms with Crippen molar-refractivity contribution in [3.05, 3.63) is 29.6 Å². The minimum absolute atomic E-state index is 0.0430. The predicted molar refractivity (Wildman–Crippen MR) is 64.8 cm³/mol. The second-order valence-electron chi connectivity index (χ2n) is 4.77. The molecule has 2 rings (SSSR count). The number of amides is 1. The van der Waals surface area contributed by atoms with Gasteiger partial charge in [0.05, 0.1) is 5.69 Å². The maximum atomic E-state index is 13.4. The summed E-state index contributed by atoms with van der Waals surface area (Å²) in [6, 6.07) is 1.20. The van der Waals surface area contributed by atoms with Gasteiger partial charge in [0.25, 0.3) is 0 Å². The Morgan fingerprint density at radius 1 is 1.32 bits per heavy atom. The first-order valence-corrected chi connectivity index (χ1v) is 6.18. The Hall–Kier alpha value is -1.56. The first-order valence-electron chi connectivity index (χ1n) is 6.18. The van der Waals surface area contributed by atoms with E-state index in [4.69, 9.17) is 5.73 Å². The van der Waals surface area contributed by atoms with Gasteiger partial charge in [-0.05, 0) is 25.3 Å². The molecule has 19 heavy (non-hydrogen) atoms. The molecule has 1 aromatic carbocycles. The predicted octanol–water partition coefficient (Wildman–Crippen LogP) is 2.42. The van der Waals surface area contributed by atoms with E-state index in [0.29, 0.717) is 19.0 Å². The van der Waals surface area contributed by atoms with E-state index in [2.05, 4.69) is 5.32 Å². The normalized spacial score (nSPS) is 22.5. The smallest absolute Gasteiger partial charge is 0.227 e. The highest BCUT2D eigenvalue weighted by Crippen LogP contribution is 2.32. The van der Waals surface area contributed by atoms with Crippen LogP contribution in [-0.2, 0) is 4.79 Å². The van der Waals surface area contributed by atoms with Crippen molar-refractivity contribution < 1.29 is 18.0 Å². The van der Waals surface area contributed by atoms with Gasteiger partial charge < -0.3 is 11.1 Å². The van der Waals surface area contributed by atoms with E-state index >= 15 is 0 Å². The highest BCUT2D eigenvalue weighted by molar-refractivity contribution is 5.93. The van der Waals surface area contributed by atoms with Crippen LogP contribution in [0.15, 0.2) is 12.1 Å². The van der Waals surface area contributed by atoms with E-state index in [1.54, 1.807) is 0 Å². The zero-order valence-electron chi connectivity index (χ0n) is 10.3. The second kappa shape index (κ2) is 5.61. The van der Waals surface area contributed by atoms with Crippen molar-refractivity contribution in [3.8, 4) is 0 Å². The summed E-state index contributed by atoms with van der Waals surface area (Å²) in [5.41, 5.74) is 5.09. The zero-order valence-corrected chi connectivity index (χ0v) is 10.3. The molecule has 1 amide bonds.